The highest BCUT2D eigenvalue weighted by atomic mass is 16.5. The summed E-state index contributed by atoms with van der Waals surface area (Å²) in [6, 6.07) is 3.74. The molecule has 0 aliphatic carbocycles. The molecule has 0 spiro atoms. The number of hydrogen-bond acceptors (Lipinski definition) is 6. The summed E-state index contributed by atoms with van der Waals surface area (Å²) in [5, 5.41) is 0. The number of ether oxygens (including phenoxy) is 3. The lowest BCUT2D eigenvalue weighted by atomic mass is 10.3. The Balaban J connectivity index is 2.03. The van der Waals surface area contributed by atoms with Gasteiger partial charge < -0.3 is 19.6 Å². The molecule has 0 bridgehead atoms. The van der Waals surface area contributed by atoms with Gasteiger partial charge in [0.1, 0.15) is 5.82 Å². The Labute approximate surface area is 107 Å². The van der Waals surface area contributed by atoms with Gasteiger partial charge in [0.2, 0.25) is 0 Å². The Morgan fingerprint density at radius 3 is 2.83 bits per heavy atom. The fourth-order valence-corrected chi connectivity index (χ4v) is 1.36. The molecule has 0 fully saturated rings. The molecule has 1 rings (SSSR count). The van der Waals surface area contributed by atoms with Gasteiger partial charge in [-0.15, -0.1) is 0 Å². The molecule has 1 aromatic rings. The monoisotopic (exact) mass is 255 g/mol. The highest BCUT2D eigenvalue weighted by molar-refractivity contribution is 5.35. The molecular formula is C12H21N3O3. The average Bonchev–Trinajstić information content (AvgIpc) is 2.42. The zero-order chi connectivity index (χ0) is 13.1. The number of nitrogens with one attached hydrogen (secondary N) is 1. The number of pyridine rings is 1. The van der Waals surface area contributed by atoms with E-state index in [2.05, 4.69) is 10.4 Å². The maximum absolute atomic E-state index is 5.47. The van der Waals surface area contributed by atoms with Gasteiger partial charge in [0.25, 0.3) is 0 Å². The molecule has 1 aromatic heterocycles. The van der Waals surface area contributed by atoms with Gasteiger partial charge in [-0.25, -0.2) is 10.8 Å². The average molecular weight is 255 g/mol. The van der Waals surface area contributed by atoms with Crippen molar-refractivity contribution < 1.29 is 14.2 Å². The molecule has 0 amide bonds. The second-order valence-electron chi connectivity index (χ2n) is 3.70. The van der Waals surface area contributed by atoms with E-state index >= 15 is 0 Å². The summed E-state index contributed by atoms with van der Waals surface area (Å²) in [6.07, 6.45) is 2.60. The molecule has 0 saturated heterocycles. The zero-order valence-corrected chi connectivity index (χ0v) is 10.7. The van der Waals surface area contributed by atoms with E-state index in [4.69, 9.17) is 20.1 Å². The van der Waals surface area contributed by atoms with E-state index < -0.39 is 0 Å². The van der Waals surface area contributed by atoms with Crippen molar-refractivity contribution in [3.05, 3.63) is 23.9 Å². The van der Waals surface area contributed by atoms with Gasteiger partial charge in [-0.05, 0) is 24.1 Å². The van der Waals surface area contributed by atoms with Crippen molar-refractivity contribution in [1.29, 1.82) is 0 Å². The van der Waals surface area contributed by atoms with Gasteiger partial charge in [0.15, 0.2) is 0 Å². The summed E-state index contributed by atoms with van der Waals surface area (Å²) in [5.41, 5.74) is 3.52. The van der Waals surface area contributed by atoms with Crippen LogP contribution >= 0.6 is 0 Å². The van der Waals surface area contributed by atoms with E-state index in [0.29, 0.717) is 32.2 Å². The number of nitrogens with two attached hydrogens (primary N) is 1. The second kappa shape index (κ2) is 9.78. The van der Waals surface area contributed by atoms with Crippen molar-refractivity contribution in [3.8, 4) is 0 Å². The first-order valence-electron chi connectivity index (χ1n) is 5.93. The Hall–Kier alpha value is -1.21. The predicted molar refractivity (Wildman–Crippen MR) is 69.0 cm³/mol. The SMILES string of the molecule is COCCCOCCOCc1ccnc(NN)c1. The molecule has 18 heavy (non-hydrogen) atoms. The summed E-state index contributed by atoms with van der Waals surface area (Å²) in [7, 11) is 1.68. The molecule has 1 heterocycles. The zero-order valence-electron chi connectivity index (χ0n) is 10.7. The molecule has 0 aliphatic heterocycles. The first kappa shape index (κ1) is 14.8. The summed E-state index contributed by atoms with van der Waals surface area (Å²) in [4.78, 5) is 4.02. The molecule has 6 nitrogen and oxygen atoms in total. The number of hydrazine groups is 1. The number of rotatable bonds is 10. The van der Waals surface area contributed by atoms with Crippen molar-refractivity contribution in [1.82, 2.24) is 4.98 Å². The van der Waals surface area contributed by atoms with Gasteiger partial charge >= 0.3 is 0 Å². The van der Waals surface area contributed by atoms with Crippen LogP contribution in [0.2, 0.25) is 0 Å². The number of nitrogens with zero attached hydrogens (tertiary/aromatic N) is 1. The van der Waals surface area contributed by atoms with E-state index in [-0.39, 0.29) is 0 Å². The summed E-state index contributed by atoms with van der Waals surface area (Å²) in [5.74, 6) is 5.90. The highest BCUT2D eigenvalue weighted by Gasteiger charge is 1.96. The van der Waals surface area contributed by atoms with Gasteiger partial charge in [-0.2, -0.15) is 0 Å². The molecule has 6 heteroatoms. The van der Waals surface area contributed by atoms with Crippen LogP contribution in [-0.4, -0.2) is 38.5 Å². The third-order valence-electron chi connectivity index (χ3n) is 2.25. The maximum atomic E-state index is 5.47. The molecule has 0 saturated carbocycles. The highest BCUT2D eigenvalue weighted by Crippen LogP contribution is 2.06. The van der Waals surface area contributed by atoms with Crippen molar-refractivity contribution >= 4 is 5.82 Å². The molecule has 0 radical (unpaired) electrons. The molecule has 0 aliphatic rings. The molecule has 0 atom stereocenters. The molecule has 102 valence electrons. The first-order chi connectivity index (χ1) is 8.86. The lowest BCUT2D eigenvalue weighted by Gasteiger charge is -2.06. The van der Waals surface area contributed by atoms with Crippen molar-refractivity contribution in [3.63, 3.8) is 0 Å². The molecular weight excluding hydrogens is 234 g/mol. The quantitative estimate of drug-likeness (QED) is 0.368. The topological polar surface area (TPSA) is 78.6 Å². The summed E-state index contributed by atoms with van der Waals surface area (Å²) in [6.45, 7) is 3.12. The fourth-order valence-electron chi connectivity index (χ4n) is 1.36. The third kappa shape index (κ3) is 6.51. The minimum atomic E-state index is 0.526. The minimum absolute atomic E-state index is 0.526. The van der Waals surface area contributed by atoms with Gasteiger partial charge in [0.05, 0.1) is 19.8 Å². The number of anilines is 1. The van der Waals surface area contributed by atoms with Crippen molar-refractivity contribution in [2.24, 2.45) is 5.84 Å². The van der Waals surface area contributed by atoms with Crippen molar-refractivity contribution in [2.45, 2.75) is 13.0 Å². The van der Waals surface area contributed by atoms with Crippen molar-refractivity contribution in [2.75, 3.05) is 39.0 Å². The van der Waals surface area contributed by atoms with Gasteiger partial charge in [-0.1, -0.05) is 0 Å². The summed E-state index contributed by atoms with van der Waals surface area (Å²) >= 11 is 0. The predicted octanol–water partition coefficient (Wildman–Crippen LogP) is 0.937. The normalized spacial score (nSPS) is 10.6. The van der Waals surface area contributed by atoms with Crippen LogP contribution in [-0.2, 0) is 20.8 Å². The van der Waals surface area contributed by atoms with Crippen LogP contribution in [0.25, 0.3) is 0 Å². The number of methoxy groups -OCH3 is 1. The van der Waals surface area contributed by atoms with Gasteiger partial charge in [0, 0.05) is 26.5 Å². The largest absolute Gasteiger partial charge is 0.385 e. The van der Waals surface area contributed by atoms with Crippen LogP contribution in [0.1, 0.15) is 12.0 Å². The van der Waals surface area contributed by atoms with Crippen LogP contribution < -0.4 is 11.3 Å². The fraction of sp³-hybridized carbons (Fsp3) is 0.583. The number of hydrogen-bond donors (Lipinski definition) is 2. The standard InChI is InChI=1S/C12H21N3O3/c1-16-5-2-6-17-7-8-18-10-11-3-4-14-12(9-11)15-13/h3-4,9H,2,5-8,10,13H2,1H3,(H,14,15). The molecule has 0 unspecified atom stereocenters. The maximum Gasteiger partial charge on any atom is 0.140 e. The van der Waals surface area contributed by atoms with Crippen LogP contribution in [0, 0.1) is 0 Å². The lowest BCUT2D eigenvalue weighted by Crippen LogP contribution is -2.09. The third-order valence-corrected chi connectivity index (χ3v) is 2.25. The van der Waals surface area contributed by atoms with E-state index in [1.807, 2.05) is 12.1 Å². The van der Waals surface area contributed by atoms with E-state index in [1.165, 1.54) is 0 Å². The van der Waals surface area contributed by atoms with Crippen LogP contribution in [0.3, 0.4) is 0 Å². The smallest absolute Gasteiger partial charge is 0.140 e. The van der Waals surface area contributed by atoms with Crippen LogP contribution in [0.5, 0.6) is 0 Å². The Bertz CT molecular complexity index is 323. The number of nitrogen functional groups attached to an aromatic ring is 1. The van der Waals surface area contributed by atoms with Crippen LogP contribution in [0.15, 0.2) is 18.3 Å². The van der Waals surface area contributed by atoms with Crippen LogP contribution in [0.4, 0.5) is 5.82 Å². The minimum Gasteiger partial charge on any atom is -0.385 e. The Kier molecular flexibility index (Phi) is 8.07. The van der Waals surface area contributed by atoms with Gasteiger partial charge in [-0.3, -0.25) is 0 Å². The lowest BCUT2D eigenvalue weighted by molar-refractivity contribution is 0.0337. The number of aromatic nitrogens is 1. The summed E-state index contributed by atoms with van der Waals surface area (Å²) < 4.78 is 15.8. The molecule has 0 aromatic carbocycles. The Morgan fingerprint density at radius 2 is 2.06 bits per heavy atom. The van der Waals surface area contributed by atoms with E-state index in [9.17, 15) is 0 Å². The van der Waals surface area contributed by atoms with E-state index in [1.54, 1.807) is 13.3 Å². The van der Waals surface area contributed by atoms with E-state index in [0.717, 1.165) is 18.6 Å². The Morgan fingerprint density at radius 1 is 1.22 bits per heavy atom. The second-order valence-corrected chi connectivity index (χ2v) is 3.70. The first-order valence-corrected chi connectivity index (χ1v) is 5.93. The molecule has 3 N–H and O–H groups in total.